The number of halogens is 1. The minimum Gasteiger partial charge on any atom is -0.384 e. The molecular weight excluding hydrogens is 326 g/mol. The number of hydrogen-bond donors (Lipinski definition) is 1. The highest BCUT2D eigenvalue weighted by Crippen LogP contribution is 2.26. The minimum atomic E-state index is 0.179. The fourth-order valence-corrected chi connectivity index (χ4v) is 3.02. The molecule has 1 aromatic heterocycles. The number of hydrogen-bond acceptors (Lipinski definition) is 5. The van der Waals surface area contributed by atoms with E-state index in [0.29, 0.717) is 6.61 Å². The maximum Gasteiger partial charge on any atom is 0.203 e. The minimum absolute atomic E-state index is 0.179. The molecule has 0 amide bonds. The molecule has 2 rings (SSSR count). The van der Waals surface area contributed by atoms with Gasteiger partial charge in [-0.05, 0) is 18.6 Å². The zero-order valence-electron chi connectivity index (χ0n) is 10.9. The Morgan fingerprint density at radius 1 is 1.42 bits per heavy atom. The lowest BCUT2D eigenvalue weighted by molar-refractivity contribution is 0.201. The van der Waals surface area contributed by atoms with Gasteiger partial charge in [-0.2, -0.15) is 4.37 Å². The van der Waals surface area contributed by atoms with Crippen molar-refractivity contribution in [3.63, 3.8) is 0 Å². The first-order valence-corrected chi connectivity index (χ1v) is 7.60. The molecule has 0 saturated heterocycles. The van der Waals surface area contributed by atoms with E-state index >= 15 is 0 Å². The summed E-state index contributed by atoms with van der Waals surface area (Å²) in [7, 11) is 1.68. The Hall–Kier alpha value is -0.980. The lowest BCUT2D eigenvalue weighted by Gasteiger charge is -2.14. The van der Waals surface area contributed by atoms with Gasteiger partial charge in [-0.15, -0.1) is 0 Å². The third-order valence-electron chi connectivity index (χ3n) is 2.71. The molecule has 0 aliphatic rings. The molecule has 1 heterocycles. The van der Waals surface area contributed by atoms with Gasteiger partial charge in [0.25, 0.3) is 0 Å². The standard InChI is InChI=1S/C13H16BrN3OS/c1-9(10-5-3-4-6-11(10)14)15-13-16-12(17-19-13)7-8-18-2/h3-6,9H,7-8H2,1-2H3,(H,15,16,17). The van der Waals surface area contributed by atoms with Crippen LogP contribution in [0.25, 0.3) is 0 Å². The van der Waals surface area contributed by atoms with Crippen molar-refractivity contribution in [1.82, 2.24) is 9.36 Å². The number of ether oxygens (including phenoxy) is 1. The molecule has 0 aliphatic heterocycles. The van der Waals surface area contributed by atoms with Crippen molar-refractivity contribution in [1.29, 1.82) is 0 Å². The van der Waals surface area contributed by atoms with Crippen LogP contribution in [0.1, 0.15) is 24.4 Å². The van der Waals surface area contributed by atoms with Crippen LogP contribution in [0.2, 0.25) is 0 Å². The van der Waals surface area contributed by atoms with E-state index in [9.17, 15) is 0 Å². The first-order chi connectivity index (χ1) is 9.20. The molecule has 1 N–H and O–H groups in total. The normalized spacial score (nSPS) is 12.4. The maximum absolute atomic E-state index is 5.02. The van der Waals surface area contributed by atoms with Crippen molar-refractivity contribution in [3.05, 3.63) is 40.1 Å². The van der Waals surface area contributed by atoms with E-state index in [2.05, 4.69) is 43.6 Å². The predicted molar refractivity (Wildman–Crippen MR) is 81.7 cm³/mol. The van der Waals surface area contributed by atoms with Crippen LogP contribution in [0.15, 0.2) is 28.7 Å². The summed E-state index contributed by atoms with van der Waals surface area (Å²) in [5.74, 6) is 0.827. The van der Waals surface area contributed by atoms with Gasteiger partial charge >= 0.3 is 0 Å². The van der Waals surface area contributed by atoms with Gasteiger partial charge in [0.1, 0.15) is 5.82 Å². The van der Waals surface area contributed by atoms with Crippen LogP contribution in [0, 0.1) is 0 Å². The molecular formula is C13H16BrN3OS. The highest BCUT2D eigenvalue weighted by atomic mass is 79.9. The van der Waals surface area contributed by atoms with Crippen LogP contribution < -0.4 is 5.32 Å². The molecule has 0 bridgehead atoms. The van der Waals surface area contributed by atoms with Gasteiger partial charge in [-0.25, -0.2) is 4.98 Å². The summed E-state index contributed by atoms with van der Waals surface area (Å²) in [5.41, 5.74) is 1.20. The first-order valence-electron chi connectivity index (χ1n) is 6.03. The third-order valence-corrected chi connectivity index (χ3v) is 4.12. The van der Waals surface area contributed by atoms with Crippen LogP contribution in [0.5, 0.6) is 0 Å². The van der Waals surface area contributed by atoms with Gasteiger partial charge in [0.05, 0.1) is 12.6 Å². The van der Waals surface area contributed by atoms with Gasteiger partial charge in [0, 0.05) is 29.5 Å². The van der Waals surface area contributed by atoms with Crippen molar-refractivity contribution >= 4 is 32.6 Å². The van der Waals surface area contributed by atoms with Gasteiger partial charge < -0.3 is 10.1 Å². The van der Waals surface area contributed by atoms with Crippen molar-refractivity contribution in [2.45, 2.75) is 19.4 Å². The summed E-state index contributed by atoms with van der Waals surface area (Å²) in [6.07, 6.45) is 0.748. The van der Waals surface area contributed by atoms with E-state index in [0.717, 1.165) is 21.8 Å². The van der Waals surface area contributed by atoms with Crippen molar-refractivity contribution in [2.24, 2.45) is 0 Å². The fraction of sp³-hybridized carbons (Fsp3) is 0.385. The molecule has 0 fully saturated rings. The van der Waals surface area contributed by atoms with Crippen LogP contribution >= 0.6 is 27.5 Å². The largest absolute Gasteiger partial charge is 0.384 e. The number of aromatic nitrogens is 2. The zero-order valence-corrected chi connectivity index (χ0v) is 13.3. The zero-order chi connectivity index (χ0) is 13.7. The lowest BCUT2D eigenvalue weighted by Crippen LogP contribution is -2.07. The summed E-state index contributed by atoms with van der Waals surface area (Å²) >= 11 is 4.95. The second-order valence-electron chi connectivity index (χ2n) is 4.15. The third kappa shape index (κ3) is 3.99. The quantitative estimate of drug-likeness (QED) is 0.870. The Balaban J connectivity index is 2.01. The summed E-state index contributed by atoms with van der Waals surface area (Å²) in [6, 6.07) is 8.35. The molecule has 19 heavy (non-hydrogen) atoms. The van der Waals surface area contributed by atoms with Crippen LogP contribution in [-0.2, 0) is 11.2 Å². The summed E-state index contributed by atoms with van der Waals surface area (Å²) < 4.78 is 10.4. The van der Waals surface area contributed by atoms with Crippen LogP contribution in [-0.4, -0.2) is 23.1 Å². The van der Waals surface area contributed by atoms with Gasteiger partial charge in [0.15, 0.2) is 0 Å². The number of nitrogens with one attached hydrogen (secondary N) is 1. The molecule has 1 aromatic carbocycles. The summed E-state index contributed by atoms with van der Waals surface area (Å²) in [4.78, 5) is 4.44. The van der Waals surface area contributed by atoms with E-state index < -0.39 is 0 Å². The van der Waals surface area contributed by atoms with E-state index in [4.69, 9.17) is 4.74 Å². The molecule has 6 heteroatoms. The van der Waals surface area contributed by atoms with Gasteiger partial charge in [0.2, 0.25) is 5.13 Å². The van der Waals surface area contributed by atoms with Crippen LogP contribution in [0.3, 0.4) is 0 Å². The highest BCUT2D eigenvalue weighted by Gasteiger charge is 2.11. The lowest BCUT2D eigenvalue weighted by atomic mass is 10.1. The maximum atomic E-state index is 5.02. The second-order valence-corrected chi connectivity index (χ2v) is 5.75. The molecule has 0 spiro atoms. The Labute approximate surface area is 125 Å². The number of rotatable bonds is 6. The molecule has 2 aromatic rings. The fourth-order valence-electron chi connectivity index (χ4n) is 1.70. The van der Waals surface area contributed by atoms with Crippen LogP contribution in [0.4, 0.5) is 5.13 Å². The monoisotopic (exact) mass is 341 g/mol. The molecule has 4 nitrogen and oxygen atoms in total. The van der Waals surface area contributed by atoms with E-state index in [1.54, 1.807) is 7.11 Å². The number of anilines is 1. The molecule has 0 aliphatic carbocycles. The summed E-state index contributed by atoms with van der Waals surface area (Å²) in [5, 5.41) is 4.21. The Kier molecular flexibility index (Phi) is 5.30. The van der Waals surface area contributed by atoms with Gasteiger partial charge in [-0.1, -0.05) is 34.1 Å². The molecule has 1 atom stereocenters. The van der Waals surface area contributed by atoms with Crippen molar-refractivity contribution < 1.29 is 4.74 Å². The van der Waals surface area contributed by atoms with E-state index in [1.165, 1.54) is 17.1 Å². The Bertz CT molecular complexity index is 532. The first kappa shape index (κ1) is 14.4. The van der Waals surface area contributed by atoms with E-state index in [1.807, 2.05) is 18.2 Å². The average Bonchev–Trinajstić information content (AvgIpc) is 2.84. The SMILES string of the molecule is COCCc1nsc(NC(C)c2ccccc2Br)n1. The molecule has 0 radical (unpaired) electrons. The number of methoxy groups -OCH3 is 1. The summed E-state index contributed by atoms with van der Waals surface area (Å²) in [6.45, 7) is 2.76. The molecule has 0 saturated carbocycles. The molecule has 1 unspecified atom stereocenters. The van der Waals surface area contributed by atoms with Crippen molar-refractivity contribution in [2.75, 3.05) is 19.0 Å². The Morgan fingerprint density at radius 3 is 2.95 bits per heavy atom. The second kappa shape index (κ2) is 6.98. The molecule has 102 valence electrons. The topological polar surface area (TPSA) is 47.0 Å². The number of benzene rings is 1. The van der Waals surface area contributed by atoms with E-state index in [-0.39, 0.29) is 6.04 Å². The van der Waals surface area contributed by atoms with Crippen molar-refractivity contribution in [3.8, 4) is 0 Å². The Morgan fingerprint density at radius 2 is 2.21 bits per heavy atom. The highest BCUT2D eigenvalue weighted by molar-refractivity contribution is 9.10. The average molecular weight is 342 g/mol. The predicted octanol–water partition coefficient (Wildman–Crippen LogP) is 3.66. The van der Waals surface area contributed by atoms with Gasteiger partial charge in [-0.3, -0.25) is 0 Å². The smallest absolute Gasteiger partial charge is 0.203 e. The number of nitrogens with zero attached hydrogens (tertiary/aromatic N) is 2.